The van der Waals surface area contributed by atoms with Crippen LogP contribution in [0.3, 0.4) is 0 Å². The predicted molar refractivity (Wildman–Crippen MR) is 89.1 cm³/mol. The van der Waals surface area contributed by atoms with E-state index in [1.54, 1.807) is 0 Å². The number of carbonyl (C=O) groups is 1. The zero-order valence-electron chi connectivity index (χ0n) is 14.0. The lowest BCUT2D eigenvalue weighted by molar-refractivity contribution is -0.126. The number of nitrogens with one attached hydrogen (secondary N) is 1. The minimum atomic E-state index is 0.0676. The molecule has 0 bridgehead atoms. The Hall–Kier alpha value is -1.59. The minimum Gasteiger partial charge on any atom is -0.378 e. The predicted octanol–water partition coefficient (Wildman–Crippen LogP) is 1.48. The summed E-state index contributed by atoms with van der Waals surface area (Å²) < 4.78 is 5.68. The van der Waals surface area contributed by atoms with E-state index < -0.39 is 0 Å². The standard InChI is InChI=1S/C17H27N3O2/c1-13-10-20(11-14(2)22-13)12-17(21)18-9-15-5-7-16(8-6-15)19(3)4/h5-8,13-14H,9-12H2,1-4H3,(H,18,21)/t13-,14+. The summed E-state index contributed by atoms with van der Waals surface area (Å²) in [5.41, 5.74) is 2.27. The molecule has 1 heterocycles. The van der Waals surface area contributed by atoms with Gasteiger partial charge in [-0.05, 0) is 31.5 Å². The zero-order chi connectivity index (χ0) is 16.1. The van der Waals surface area contributed by atoms with E-state index in [4.69, 9.17) is 4.74 Å². The Morgan fingerprint density at radius 3 is 2.36 bits per heavy atom. The summed E-state index contributed by atoms with van der Waals surface area (Å²) in [5.74, 6) is 0.0676. The van der Waals surface area contributed by atoms with Gasteiger partial charge in [0.1, 0.15) is 0 Å². The van der Waals surface area contributed by atoms with Crippen molar-refractivity contribution in [3.8, 4) is 0 Å². The van der Waals surface area contributed by atoms with Gasteiger partial charge >= 0.3 is 0 Å². The van der Waals surface area contributed by atoms with E-state index in [2.05, 4.69) is 39.4 Å². The maximum Gasteiger partial charge on any atom is 0.234 e. The van der Waals surface area contributed by atoms with Gasteiger partial charge in [0.15, 0.2) is 0 Å². The Labute approximate surface area is 133 Å². The monoisotopic (exact) mass is 305 g/mol. The molecule has 0 aromatic heterocycles. The van der Waals surface area contributed by atoms with E-state index in [1.807, 2.05) is 27.9 Å². The summed E-state index contributed by atoms with van der Waals surface area (Å²) in [6.07, 6.45) is 0.380. The van der Waals surface area contributed by atoms with Crippen LogP contribution in [0.2, 0.25) is 0 Å². The van der Waals surface area contributed by atoms with E-state index in [0.717, 1.165) is 24.3 Å². The van der Waals surface area contributed by atoms with Crippen molar-refractivity contribution >= 4 is 11.6 Å². The van der Waals surface area contributed by atoms with Gasteiger partial charge in [-0.25, -0.2) is 0 Å². The molecule has 1 aliphatic heterocycles. The SMILES string of the molecule is C[C@@H]1CN(CC(=O)NCc2ccc(N(C)C)cc2)C[C@H](C)O1. The molecule has 0 spiro atoms. The van der Waals surface area contributed by atoms with Crippen molar-refractivity contribution in [2.75, 3.05) is 38.6 Å². The van der Waals surface area contributed by atoms with Crippen molar-refractivity contribution in [3.05, 3.63) is 29.8 Å². The van der Waals surface area contributed by atoms with Gasteiger partial charge in [-0.1, -0.05) is 12.1 Å². The second-order valence-electron chi connectivity index (χ2n) is 6.29. The van der Waals surface area contributed by atoms with Gasteiger partial charge in [0.25, 0.3) is 0 Å². The molecule has 0 unspecified atom stereocenters. The highest BCUT2D eigenvalue weighted by molar-refractivity contribution is 5.78. The van der Waals surface area contributed by atoms with E-state index in [-0.39, 0.29) is 18.1 Å². The molecule has 0 aliphatic carbocycles. The normalized spacial score (nSPS) is 22.4. The average molecular weight is 305 g/mol. The van der Waals surface area contributed by atoms with Crippen LogP contribution in [0.25, 0.3) is 0 Å². The average Bonchev–Trinajstić information content (AvgIpc) is 2.44. The third kappa shape index (κ3) is 5.00. The van der Waals surface area contributed by atoms with Crippen molar-refractivity contribution in [2.45, 2.75) is 32.6 Å². The minimum absolute atomic E-state index is 0.0676. The first-order chi connectivity index (χ1) is 10.4. The van der Waals surface area contributed by atoms with Gasteiger partial charge in [-0.15, -0.1) is 0 Å². The maximum atomic E-state index is 12.1. The van der Waals surface area contributed by atoms with Crippen LogP contribution in [0.15, 0.2) is 24.3 Å². The van der Waals surface area contributed by atoms with Crippen molar-refractivity contribution in [1.29, 1.82) is 0 Å². The van der Waals surface area contributed by atoms with E-state index >= 15 is 0 Å². The summed E-state index contributed by atoms with van der Waals surface area (Å²) in [5, 5.41) is 2.99. The molecule has 0 radical (unpaired) electrons. The van der Waals surface area contributed by atoms with Gasteiger partial charge in [0, 0.05) is 39.4 Å². The van der Waals surface area contributed by atoms with Crippen LogP contribution in [-0.2, 0) is 16.1 Å². The molecule has 1 fully saturated rings. The molecule has 2 atom stereocenters. The zero-order valence-corrected chi connectivity index (χ0v) is 14.0. The fraction of sp³-hybridized carbons (Fsp3) is 0.588. The first kappa shape index (κ1) is 16.8. The quantitative estimate of drug-likeness (QED) is 0.895. The molecule has 22 heavy (non-hydrogen) atoms. The van der Waals surface area contributed by atoms with Crippen LogP contribution < -0.4 is 10.2 Å². The number of amides is 1. The topological polar surface area (TPSA) is 44.8 Å². The van der Waals surface area contributed by atoms with Gasteiger partial charge in [0.05, 0.1) is 18.8 Å². The lowest BCUT2D eigenvalue weighted by atomic mass is 10.2. The lowest BCUT2D eigenvalue weighted by Crippen LogP contribution is -2.49. The molecular formula is C17H27N3O2. The largest absolute Gasteiger partial charge is 0.378 e. The van der Waals surface area contributed by atoms with Crippen LogP contribution in [0.1, 0.15) is 19.4 Å². The summed E-state index contributed by atoms with van der Waals surface area (Å²) >= 11 is 0. The van der Waals surface area contributed by atoms with Crippen LogP contribution in [-0.4, -0.2) is 56.7 Å². The molecule has 1 aromatic carbocycles. The number of ether oxygens (including phenoxy) is 1. The van der Waals surface area contributed by atoms with E-state index in [9.17, 15) is 4.79 Å². The molecule has 1 N–H and O–H groups in total. The van der Waals surface area contributed by atoms with Crippen molar-refractivity contribution in [2.24, 2.45) is 0 Å². The van der Waals surface area contributed by atoms with Crippen LogP contribution >= 0.6 is 0 Å². The summed E-state index contributed by atoms with van der Waals surface area (Å²) in [6, 6.07) is 8.22. The second-order valence-corrected chi connectivity index (χ2v) is 6.29. The smallest absolute Gasteiger partial charge is 0.234 e. The van der Waals surface area contributed by atoms with Crippen LogP contribution in [0.5, 0.6) is 0 Å². The first-order valence-corrected chi connectivity index (χ1v) is 7.85. The Morgan fingerprint density at radius 2 is 1.82 bits per heavy atom. The fourth-order valence-electron chi connectivity index (χ4n) is 2.79. The van der Waals surface area contributed by atoms with Crippen LogP contribution in [0, 0.1) is 0 Å². The molecule has 5 heteroatoms. The fourth-order valence-corrected chi connectivity index (χ4v) is 2.79. The Kier molecular flexibility index (Phi) is 5.80. The van der Waals surface area contributed by atoms with Gasteiger partial charge < -0.3 is 15.0 Å². The van der Waals surface area contributed by atoms with E-state index in [0.29, 0.717) is 13.1 Å². The molecule has 1 aromatic rings. The highest BCUT2D eigenvalue weighted by atomic mass is 16.5. The number of carbonyl (C=O) groups excluding carboxylic acids is 1. The second kappa shape index (κ2) is 7.61. The van der Waals surface area contributed by atoms with Gasteiger partial charge in [-0.2, -0.15) is 0 Å². The molecule has 1 amide bonds. The number of hydrogen-bond acceptors (Lipinski definition) is 4. The summed E-state index contributed by atoms with van der Waals surface area (Å²) in [7, 11) is 4.03. The van der Waals surface area contributed by atoms with E-state index in [1.165, 1.54) is 0 Å². The van der Waals surface area contributed by atoms with Gasteiger partial charge in [-0.3, -0.25) is 9.69 Å². The Morgan fingerprint density at radius 1 is 1.23 bits per heavy atom. The number of rotatable bonds is 5. The molecule has 5 nitrogen and oxygen atoms in total. The lowest BCUT2D eigenvalue weighted by Gasteiger charge is -2.34. The highest BCUT2D eigenvalue weighted by Crippen LogP contribution is 2.12. The maximum absolute atomic E-state index is 12.1. The Balaban J connectivity index is 1.77. The van der Waals surface area contributed by atoms with Gasteiger partial charge in [0.2, 0.25) is 5.91 Å². The molecule has 2 rings (SSSR count). The first-order valence-electron chi connectivity index (χ1n) is 7.85. The molecule has 1 saturated heterocycles. The molecule has 1 aliphatic rings. The molecular weight excluding hydrogens is 278 g/mol. The van der Waals surface area contributed by atoms with Crippen molar-refractivity contribution < 1.29 is 9.53 Å². The Bertz CT molecular complexity index is 477. The van der Waals surface area contributed by atoms with Crippen LogP contribution in [0.4, 0.5) is 5.69 Å². The van der Waals surface area contributed by atoms with Crippen molar-refractivity contribution in [3.63, 3.8) is 0 Å². The summed E-state index contributed by atoms with van der Waals surface area (Å²) in [4.78, 5) is 16.3. The number of nitrogens with zero attached hydrogens (tertiary/aromatic N) is 2. The number of anilines is 1. The third-order valence-corrected chi connectivity index (χ3v) is 3.80. The highest BCUT2D eigenvalue weighted by Gasteiger charge is 2.23. The third-order valence-electron chi connectivity index (χ3n) is 3.80. The molecule has 122 valence electrons. The number of benzene rings is 1. The number of morpholine rings is 1. The summed E-state index contributed by atoms with van der Waals surface area (Å²) in [6.45, 7) is 6.74. The van der Waals surface area contributed by atoms with Crippen molar-refractivity contribution in [1.82, 2.24) is 10.2 Å². The molecule has 0 saturated carbocycles. The number of hydrogen-bond donors (Lipinski definition) is 1.